The van der Waals surface area contributed by atoms with Gasteiger partial charge in [-0.2, -0.15) is 0 Å². The van der Waals surface area contributed by atoms with E-state index < -0.39 is 38.3 Å². The summed E-state index contributed by atoms with van der Waals surface area (Å²) in [6.07, 6.45) is 4.17. The molecule has 1 fully saturated rings. The maximum Gasteiger partial charge on any atom is 0.273 e. The molecule has 0 saturated heterocycles. The molecule has 0 heterocycles. The number of halogens is 1. The van der Waals surface area contributed by atoms with Crippen molar-refractivity contribution < 1.29 is 27.7 Å². The zero-order valence-electron chi connectivity index (χ0n) is 25.4. The van der Waals surface area contributed by atoms with Crippen LogP contribution in [0.25, 0.3) is 0 Å². The topological polar surface area (TPSA) is 139 Å². The Kier molecular flexibility index (Phi) is 11.1. The summed E-state index contributed by atoms with van der Waals surface area (Å²) in [6, 6.07) is 16.4. The van der Waals surface area contributed by atoms with Gasteiger partial charge in [-0.05, 0) is 62.9 Å². The van der Waals surface area contributed by atoms with Crippen LogP contribution in [-0.4, -0.2) is 62.3 Å². The molecular weight excluding hydrogens is 620 g/mol. The van der Waals surface area contributed by atoms with E-state index in [0.717, 1.165) is 41.6 Å². The van der Waals surface area contributed by atoms with Crippen LogP contribution in [-0.2, 0) is 26.0 Å². The van der Waals surface area contributed by atoms with Gasteiger partial charge in [0.25, 0.3) is 15.7 Å². The molecule has 0 spiro atoms. The molecule has 11 nitrogen and oxygen atoms in total. The minimum atomic E-state index is -4.59. The van der Waals surface area contributed by atoms with Gasteiger partial charge in [0.05, 0.1) is 22.6 Å². The van der Waals surface area contributed by atoms with Crippen molar-refractivity contribution in [2.75, 3.05) is 24.5 Å². The van der Waals surface area contributed by atoms with Crippen molar-refractivity contribution in [1.82, 2.24) is 10.2 Å². The molecule has 240 valence electrons. The van der Waals surface area contributed by atoms with Crippen LogP contribution in [0.4, 0.5) is 11.4 Å². The van der Waals surface area contributed by atoms with Crippen molar-refractivity contribution in [3.8, 4) is 5.75 Å². The number of hydrogen-bond donors (Lipinski definition) is 1. The summed E-state index contributed by atoms with van der Waals surface area (Å²) in [4.78, 5) is 39.5. The zero-order chi connectivity index (χ0) is 32.7. The van der Waals surface area contributed by atoms with Crippen LogP contribution >= 0.6 is 11.6 Å². The fourth-order valence-electron chi connectivity index (χ4n) is 5.41. The molecule has 1 atom stereocenters. The van der Waals surface area contributed by atoms with Gasteiger partial charge in [0.1, 0.15) is 18.3 Å². The van der Waals surface area contributed by atoms with Crippen molar-refractivity contribution in [1.29, 1.82) is 0 Å². The van der Waals surface area contributed by atoms with E-state index in [9.17, 15) is 28.1 Å². The van der Waals surface area contributed by atoms with E-state index in [-0.39, 0.29) is 46.2 Å². The summed E-state index contributed by atoms with van der Waals surface area (Å²) in [7, 11) is -3.25. The van der Waals surface area contributed by atoms with Gasteiger partial charge in [0, 0.05) is 29.2 Å². The molecule has 13 heteroatoms. The largest absolute Gasteiger partial charge is 0.495 e. The lowest BCUT2D eigenvalue weighted by Gasteiger charge is -2.33. The fourth-order valence-corrected chi connectivity index (χ4v) is 7.01. The van der Waals surface area contributed by atoms with Crippen LogP contribution in [0.1, 0.15) is 43.7 Å². The van der Waals surface area contributed by atoms with Crippen molar-refractivity contribution >= 4 is 44.8 Å². The highest BCUT2D eigenvalue weighted by atomic mass is 35.5. The molecule has 45 heavy (non-hydrogen) atoms. The highest BCUT2D eigenvalue weighted by Gasteiger charge is 2.35. The molecule has 4 rings (SSSR count). The number of anilines is 1. The Morgan fingerprint density at radius 3 is 2.42 bits per heavy atom. The Balaban J connectivity index is 1.75. The van der Waals surface area contributed by atoms with Gasteiger partial charge < -0.3 is 15.0 Å². The molecule has 1 aliphatic carbocycles. The van der Waals surface area contributed by atoms with Crippen LogP contribution in [0.2, 0.25) is 5.02 Å². The van der Waals surface area contributed by atoms with Crippen LogP contribution in [0, 0.1) is 17.0 Å². The number of hydrogen-bond acceptors (Lipinski definition) is 7. The van der Waals surface area contributed by atoms with Crippen molar-refractivity contribution in [2.45, 2.75) is 62.9 Å². The molecule has 0 radical (unpaired) electrons. The van der Waals surface area contributed by atoms with E-state index >= 15 is 0 Å². The molecule has 1 N–H and O–H groups in total. The second kappa shape index (κ2) is 14.7. The molecule has 0 bridgehead atoms. The number of nitrogens with zero attached hydrogens (tertiary/aromatic N) is 3. The average molecular weight is 657 g/mol. The van der Waals surface area contributed by atoms with Crippen molar-refractivity contribution in [3.05, 3.63) is 93.0 Å². The first-order chi connectivity index (χ1) is 21.4. The number of nitro benzene ring substituents is 1. The summed E-state index contributed by atoms with van der Waals surface area (Å²) >= 11 is 6.28. The smallest absolute Gasteiger partial charge is 0.273 e. The molecular formula is C32H37ClN4O7S. The Labute approximate surface area is 268 Å². The van der Waals surface area contributed by atoms with Gasteiger partial charge in [-0.3, -0.25) is 24.0 Å². The average Bonchev–Trinajstić information content (AvgIpc) is 3.53. The first-order valence-corrected chi connectivity index (χ1v) is 16.5. The number of ether oxygens (including phenoxy) is 1. The molecule has 1 saturated carbocycles. The van der Waals surface area contributed by atoms with Crippen LogP contribution in [0.3, 0.4) is 0 Å². The number of carbonyl (C=O) groups excluding carboxylic acids is 2. The number of carbonyl (C=O) groups is 2. The van der Waals surface area contributed by atoms with Gasteiger partial charge in [0.15, 0.2) is 0 Å². The molecule has 3 aromatic carbocycles. The van der Waals surface area contributed by atoms with Crippen molar-refractivity contribution in [2.24, 2.45) is 0 Å². The number of sulfonamides is 1. The molecule has 0 aromatic heterocycles. The quantitative estimate of drug-likeness (QED) is 0.195. The second-order valence-electron chi connectivity index (χ2n) is 11.0. The third-order valence-corrected chi connectivity index (χ3v) is 10.00. The van der Waals surface area contributed by atoms with Gasteiger partial charge >= 0.3 is 0 Å². The number of nitro groups is 1. The van der Waals surface area contributed by atoms with E-state index in [1.165, 1.54) is 49.3 Å². The zero-order valence-corrected chi connectivity index (χ0v) is 27.0. The molecule has 1 aliphatic rings. The Bertz CT molecular complexity index is 1650. The Hall–Kier alpha value is -4.16. The van der Waals surface area contributed by atoms with Gasteiger partial charge in [0.2, 0.25) is 11.8 Å². The second-order valence-corrected chi connectivity index (χ2v) is 13.3. The van der Waals surface area contributed by atoms with E-state index in [0.29, 0.717) is 6.42 Å². The van der Waals surface area contributed by atoms with Gasteiger partial charge in [-0.1, -0.05) is 60.8 Å². The third kappa shape index (κ3) is 8.12. The highest BCUT2D eigenvalue weighted by molar-refractivity contribution is 7.92. The monoisotopic (exact) mass is 656 g/mol. The lowest BCUT2D eigenvalue weighted by molar-refractivity contribution is -0.385. The summed E-state index contributed by atoms with van der Waals surface area (Å²) in [5.41, 5.74) is 0.789. The number of aryl methyl sites for hydroxylation is 1. The van der Waals surface area contributed by atoms with Crippen LogP contribution in [0.5, 0.6) is 5.75 Å². The summed E-state index contributed by atoms with van der Waals surface area (Å²) in [5, 5.41) is 14.9. The lowest BCUT2D eigenvalue weighted by atomic mass is 10.1. The van der Waals surface area contributed by atoms with Gasteiger partial charge in [-0.15, -0.1) is 0 Å². The Morgan fingerprint density at radius 2 is 1.78 bits per heavy atom. The molecule has 0 unspecified atom stereocenters. The molecule has 0 aliphatic heterocycles. The fraction of sp³-hybridized carbons (Fsp3) is 0.375. The highest BCUT2D eigenvalue weighted by Crippen LogP contribution is 2.36. The maximum atomic E-state index is 14.2. The van der Waals surface area contributed by atoms with E-state index in [1.807, 2.05) is 30.3 Å². The molecule has 3 aromatic rings. The SMILES string of the molecule is COc1ccc(Cl)cc1N(CC(=O)N(CCc1ccccc1)[C@H](C)C(=O)NC1CCCC1)S(=O)(=O)c1ccc(C)c([N+](=O)[O-])c1. The number of benzene rings is 3. The predicted octanol–water partition coefficient (Wildman–Crippen LogP) is 5.28. The van der Waals surface area contributed by atoms with Crippen LogP contribution in [0.15, 0.2) is 71.6 Å². The molecule has 2 amide bonds. The summed E-state index contributed by atoms with van der Waals surface area (Å²) in [5.74, 6) is -0.861. The van der Waals surface area contributed by atoms with Gasteiger partial charge in [-0.25, -0.2) is 8.42 Å². The van der Waals surface area contributed by atoms with Crippen molar-refractivity contribution in [3.63, 3.8) is 0 Å². The standard InChI is InChI=1S/C32H37ClN4O7S/c1-22-13-15-27(20-28(22)37(40)41)45(42,43)36(29-19-25(33)14-16-30(29)44-3)21-31(38)35(18-17-24-9-5-4-6-10-24)23(2)32(39)34-26-11-7-8-12-26/h4-6,9-10,13-16,19-20,23,26H,7-8,11-12,17-18,21H2,1-3H3,(H,34,39)/t23-/m1/s1. The minimum Gasteiger partial charge on any atom is -0.495 e. The Morgan fingerprint density at radius 1 is 1.09 bits per heavy atom. The lowest BCUT2D eigenvalue weighted by Crippen LogP contribution is -2.53. The van der Waals surface area contributed by atoms with Crippen LogP contribution < -0.4 is 14.4 Å². The first-order valence-electron chi connectivity index (χ1n) is 14.7. The first kappa shape index (κ1) is 33.7. The number of rotatable bonds is 13. The summed E-state index contributed by atoms with van der Waals surface area (Å²) in [6.45, 7) is 2.53. The maximum absolute atomic E-state index is 14.2. The minimum absolute atomic E-state index is 0.0240. The number of amides is 2. The number of nitrogens with one attached hydrogen (secondary N) is 1. The number of methoxy groups -OCH3 is 1. The predicted molar refractivity (Wildman–Crippen MR) is 172 cm³/mol. The summed E-state index contributed by atoms with van der Waals surface area (Å²) < 4.78 is 34.7. The van der Waals surface area contributed by atoms with E-state index in [1.54, 1.807) is 6.92 Å². The normalized spacial score (nSPS) is 14.0. The van der Waals surface area contributed by atoms with E-state index in [2.05, 4.69) is 5.32 Å². The van der Waals surface area contributed by atoms with E-state index in [4.69, 9.17) is 16.3 Å². The third-order valence-electron chi connectivity index (χ3n) is 8.01.